The van der Waals surface area contributed by atoms with Gasteiger partial charge in [0.1, 0.15) is 17.7 Å². The lowest BCUT2D eigenvalue weighted by Crippen LogP contribution is -2.30. The van der Waals surface area contributed by atoms with Crippen LogP contribution in [-0.4, -0.2) is 6.04 Å². The maximum atomic E-state index is 13.3. The lowest BCUT2D eigenvalue weighted by atomic mass is 10.1. The van der Waals surface area contributed by atoms with Crippen LogP contribution in [0.1, 0.15) is 29.9 Å². The van der Waals surface area contributed by atoms with E-state index >= 15 is 0 Å². The average molecular weight is 314 g/mol. The Labute approximate surface area is 127 Å². The van der Waals surface area contributed by atoms with Gasteiger partial charge < -0.3 is 10.5 Å². The van der Waals surface area contributed by atoms with Crippen LogP contribution in [0.25, 0.3) is 0 Å². The number of thiophene rings is 1. The summed E-state index contributed by atoms with van der Waals surface area (Å²) in [7, 11) is 0. The van der Waals surface area contributed by atoms with E-state index in [-0.39, 0.29) is 18.0 Å². The number of ether oxygens (including phenoxy) is 1. The molecule has 2 aromatic rings. The summed E-state index contributed by atoms with van der Waals surface area (Å²) in [5.41, 5.74) is 6.69. The van der Waals surface area contributed by atoms with E-state index < -0.39 is 0 Å². The molecule has 2 nitrogen and oxygen atoms in total. The second-order valence-corrected chi connectivity index (χ2v) is 6.41. The summed E-state index contributed by atoms with van der Waals surface area (Å²) in [5, 5.41) is 0. The van der Waals surface area contributed by atoms with Crippen LogP contribution in [0, 0.1) is 12.7 Å². The summed E-state index contributed by atoms with van der Waals surface area (Å²) in [4.78, 5) is 0.978. The quantitative estimate of drug-likeness (QED) is 0.868. The van der Waals surface area contributed by atoms with Crippen LogP contribution < -0.4 is 10.5 Å². The number of hydrogen-bond donors (Lipinski definition) is 1. The van der Waals surface area contributed by atoms with Crippen LogP contribution in [0.4, 0.5) is 4.39 Å². The molecule has 2 unspecified atom stereocenters. The monoisotopic (exact) mass is 313 g/mol. The summed E-state index contributed by atoms with van der Waals surface area (Å²) in [5.74, 6) is 0.371. The molecule has 0 spiro atoms. The minimum absolute atomic E-state index is 0.143. The van der Waals surface area contributed by atoms with E-state index in [0.29, 0.717) is 15.6 Å². The fraction of sp³-hybridized carbons (Fsp3) is 0.333. The third kappa shape index (κ3) is 3.51. The van der Waals surface area contributed by atoms with Gasteiger partial charge in [-0.3, -0.25) is 0 Å². The van der Waals surface area contributed by atoms with E-state index in [4.69, 9.17) is 22.1 Å². The number of benzene rings is 1. The first-order valence-electron chi connectivity index (χ1n) is 6.45. The van der Waals surface area contributed by atoms with Crippen LogP contribution >= 0.6 is 22.9 Å². The number of halogens is 2. The Balaban J connectivity index is 2.25. The SMILES string of the molecule is CCC(N)C(Oc1ccc(F)c(C)c1)c1ccc(Cl)s1. The molecule has 2 rings (SSSR count). The zero-order valence-electron chi connectivity index (χ0n) is 11.4. The Morgan fingerprint density at radius 3 is 2.65 bits per heavy atom. The van der Waals surface area contributed by atoms with Gasteiger partial charge in [-0.1, -0.05) is 18.5 Å². The number of nitrogens with two attached hydrogens (primary N) is 1. The topological polar surface area (TPSA) is 35.2 Å². The number of aryl methyl sites for hydroxylation is 1. The van der Waals surface area contributed by atoms with Crippen LogP contribution in [-0.2, 0) is 0 Å². The molecule has 1 aromatic heterocycles. The van der Waals surface area contributed by atoms with Gasteiger partial charge in [0.05, 0.1) is 4.34 Å². The predicted molar refractivity (Wildman–Crippen MR) is 82.1 cm³/mol. The zero-order valence-corrected chi connectivity index (χ0v) is 13.0. The van der Waals surface area contributed by atoms with Crippen molar-refractivity contribution < 1.29 is 9.13 Å². The molecular formula is C15H17ClFNOS. The van der Waals surface area contributed by atoms with Crippen LogP contribution in [0.2, 0.25) is 4.34 Å². The van der Waals surface area contributed by atoms with Gasteiger partial charge in [0, 0.05) is 10.9 Å². The third-order valence-electron chi connectivity index (χ3n) is 3.13. The number of hydrogen-bond acceptors (Lipinski definition) is 3. The fourth-order valence-electron chi connectivity index (χ4n) is 1.89. The Bertz CT molecular complexity index is 587. The van der Waals surface area contributed by atoms with Crippen molar-refractivity contribution in [2.45, 2.75) is 32.4 Å². The minimum Gasteiger partial charge on any atom is -0.483 e. The highest BCUT2D eigenvalue weighted by molar-refractivity contribution is 7.16. The molecule has 0 saturated carbocycles. The van der Waals surface area contributed by atoms with Gasteiger partial charge in [-0.2, -0.15) is 0 Å². The van der Waals surface area contributed by atoms with Gasteiger partial charge in [0.2, 0.25) is 0 Å². The number of rotatable bonds is 5. The van der Waals surface area contributed by atoms with E-state index in [1.165, 1.54) is 17.4 Å². The van der Waals surface area contributed by atoms with Gasteiger partial charge in [-0.05, 0) is 49.2 Å². The van der Waals surface area contributed by atoms with Crippen molar-refractivity contribution in [2.24, 2.45) is 5.73 Å². The largest absolute Gasteiger partial charge is 0.483 e. The molecule has 0 bridgehead atoms. The van der Waals surface area contributed by atoms with Crippen molar-refractivity contribution in [1.82, 2.24) is 0 Å². The summed E-state index contributed by atoms with van der Waals surface area (Å²) >= 11 is 7.43. The highest BCUT2D eigenvalue weighted by Crippen LogP contribution is 2.33. The van der Waals surface area contributed by atoms with Crippen LogP contribution in [0.5, 0.6) is 5.75 Å². The molecule has 2 N–H and O–H groups in total. The van der Waals surface area contributed by atoms with Crippen LogP contribution in [0.15, 0.2) is 30.3 Å². The molecule has 0 amide bonds. The maximum Gasteiger partial charge on any atom is 0.148 e. The zero-order chi connectivity index (χ0) is 14.7. The van der Waals surface area contributed by atoms with E-state index in [2.05, 4.69) is 0 Å². The van der Waals surface area contributed by atoms with Gasteiger partial charge in [0.15, 0.2) is 0 Å². The highest BCUT2D eigenvalue weighted by Gasteiger charge is 2.22. The van der Waals surface area contributed by atoms with Crippen molar-refractivity contribution >= 4 is 22.9 Å². The van der Waals surface area contributed by atoms with Gasteiger partial charge in [-0.25, -0.2) is 4.39 Å². The molecule has 1 aromatic carbocycles. The molecule has 2 atom stereocenters. The van der Waals surface area contributed by atoms with Crippen molar-refractivity contribution in [3.8, 4) is 5.75 Å². The molecule has 5 heteroatoms. The van der Waals surface area contributed by atoms with Crippen molar-refractivity contribution in [3.63, 3.8) is 0 Å². The molecule has 0 aliphatic rings. The summed E-state index contributed by atoms with van der Waals surface area (Å²) in [6.07, 6.45) is 0.503. The molecule has 1 heterocycles. The van der Waals surface area contributed by atoms with Crippen molar-refractivity contribution in [2.75, 3.05) is 0 Å². The van der Waals surface area contributed by atoms with Gasteiger partial charge >= 0.3 is 0 Å². The smallest absolute Gasteiger partial charge is 0.148 e. The van der Waals surface area contributed by atoms with Gasteiger partial charge in [-0.15, -0.1) is 11.3 Å². The molecule has 0 saturated heterocycles. The summed E-state index contributed by atoms with van der Waals surface area (Å²) in [6.45, 7) is 3.71. The Kier molecular flexibility index (Phi) is 5.02. The van der Waals surface area contributed by atoms with Crippen molar-refractivity contribution in [1.29, 1.82) is 0 Å². The van der Waals surface area contributed by atoms with Crippen LogP contribution in [0.3, 0.4) is 0 Å². The first-order valence-corrected chi connectivity index (χ1v) is 7.64. The lowest BCUT2D eigenvalue weighted by Gasteiger charge is -2.23. The summed E-state index contributed by atoms with van der Waals surface area (Å²) in [6, 6.07) is 8.31. The van der Waals surface area contributed by atoms with E-state index in [9.17, 15) is 4.39 Å². The predicted octanol–water partition coefficient (Wildman–Crippen LogP) is 4.71. The first-order chi connectivity index (χ1) is 9.51. The van der Waals surface area contributed by atoms with E-state index in [0.717, 1.165) is 11.3 Å². The normalized spacial score (nSPS) is 14.1. The Morgan fingerprint density at radius 1 is 1.35 bits per heavy atom. The Hall–Kier alpha value is -1.10. The standard InChI is InChI=1S/C15H17ClFNOS/c1-3-12(18)15(13-6-7-14(16)20-13)19-10-4-5-11(17)9(2)8-10/h4-8,12,15H,3,18H2,1-2H3. The highest BCUT2D eigenvalue weighted by atomic mass is 35.5. The molecule has 0 aliphatic carbocycles. The molecular weight excluding hydrogens is 297 g/mol. The first kappa shape index (κ1) is 15.3. The molecule has 0 radical (unpaired) electrons. The minimum atomic E-state index is -0.276. The molecule has 0 aliphatic heterocycles. The third-order valence-corrected chi connectivity index (χ3v) is 4.42. The Morgan fingerprint density at radius 2 is 2.10 bits per heavy atom. The second kappa shape index (κ2) is 6.57. The molecule has 20 heavy (non-hydrogen) atoms. The van der Waals surface area contributed by atoms with Crippen molar-refractivity contribution in [3.05, 3.63) is 50.9 Å². The maximum absolute atomic E-state index is 13.3. The van der Waals surface area contributed by atoms with E-state index in [1.54, 1.807) is 19.1 Å². The lowest BCUT2D eigenvalue weighted by molar-refractivity contribution is 0.174. The fourth-order valence-corrected chi connectivity index (χ4v) is 3.06. The van der Waals surface area contributed by atoms with Gasteiger partial charge in [0.25, 0.3) is 0 Å². The summed E-state index contributed by atoms with van der Waals surface area (Å²) < 4.78 is 20.0. The van der Waals surface area contributed by atoms with E-state index in [1.807, 2.05) is 19.1 Å². The average Bonchev–Trinajstić information content (AvgIpc) is 2.85. The molecule has 0 fully saturated rings. The molecule has 108 valence electrons. The second-order valence-electron chi connectivity index (χ2n) is 4.66.